The van der Waals surface area contributed by atoms with Crippen LogP contribution in [0, 0.1) is 6.92 Å². The van der Waals surface area contributed by atoms with Crippen LogP contribution in [0.25, 0.3) is 28.1 Å². The zero-order valence-electron chi connectivity index (χ0n) is 15.1. The lowest BCUT2D eigenvalue weighted by Gasteiger charge is -2.13. The summed E-state index contributed by atoms with van der Waals surface area (Å²) in [5.41, 5.74) is 5.23. The van der Waals surface area contributed by atoms with Gasteiger partial charge in [-0.25, -0.2) is 9.78 Å². The monoisotopic (exact) mass is 347 g/mol. The van der Waals surface area contributed by atoms with Gasteiger partial charge in [0.2, 0.25) is 5.78 Å². The minimum atomic E-state index is -0.456. The van der Waals surface area contributed by atoms with Crippen molar-refractivity contribution >= 4 is 22.8 Å². The molecule has 0 amide bonds. The molecule has 5 nitrogen and oxygen atoms in total. The molecule has 0 saturated carbocycles. The Kier molecular flexibility index (Phi) is 3.99. The minimum absolute atomic E-state index is 0.252. The average molecular weight is 347 g/mol. The molecule has 0 fully saturated rings. The standard InChI is InChI=1S/C21H21N3O2/c1-4-26-20(25)15(3)23-18-12-14(2)10-11-17(18)24-19(13-22-21(23)24)16-8-6-5-7-9-16/h5-13,15H,4H2,1-3H3. The summed E-state index contributed by atoms with van der Waals surface area (Å²) in [4.78, 5) is 17.1. The normalized spacial score (nSPS) is 12.6. The number of carbonyl (C=O) groups excluding carboxylic acids is 1. The van der Waals surface area contributed by atoms with Gasteiger partial charge in [0.1, 0.15) is 6.04 Å². The average Bonchev–Trinajstić information content (AvgIpc) is 3.19. The molecule has 2 aromatic carbocycles. The maximum absolute atomic E-state index is 12.4. The summed E-state index contributed by atoms with van der Waals surface area (Å²) in [5, 5.41) is 0. The summed E-state index contributed by atoms with van der Waals surface area (Å²) in [5.74, 6) is 0.489. The number of fused-ring (bicyclic) bond motifs is 3. The van der Waals surface area contributed by atoms with Crippen LogP contribution in [0.15, 0.2) is 54.7 Å². The highest BCUT2D eigenvalue weighted by Crippen LogP contribution is 2.31. The van der Waals surface area contributed by atoms with Crippen molar-refractivity contribution in [2.24, 2.45) is 0 Å². The molecule has 0 N–H and O–H groups in total. The number of aryl methyl sites for hydroxylation is 1. The molecule has 0 radical (unpaired) electrons. The first kappa shape index (κ1) is 16.4. The number of hydrogen-bond acceptors (Lipinski definition) is 3. The molecule has 26 heavy (non-hydrogen) atoms. The van der Waals surface area contributed by atoms with Crippen molar-refractivity contribution in [2.45, 2.75) is 26.8 Å². The highest BCUT2D eigenvalue weighted by molar-refractivity contribution is 5.87. The number of ether oxygens (including phenoxy) is 1. The molecule has 2 aromatic heterocycles. The minimum Gasteiger partial charge on any atom is -0.464 e. The largest absolute Gasteiger partial charge is 0.464 e. The van der Waals surface area contributed by atoms with Crippen LogP contribution < -0.4 is 0 Å². The maximum Gasteiger partial charge on any atom is 0.328 e. The van der Waals surface area contributed by atoms with Crippen LogP contribution in [0.1, 0.15) is 25.5 Å². The van der Waals surface area contributed by atoms with Gasteiger partial charge >= 0.3 is 5.97 Å². The van der Waals surface area contributed by atoms with Crippen LogP contribution in [0.5, 0.6) is 0 Å². The Labute approximate surface area is 151 Å². The molecule has 5 heteroatoms. The van der Waals surface area contributed by atoms with Crippen LogP contribution in [-0.4, -0.2) is 26.5 Å². The summed E-state index contributed by atoms with van der Waals surface area (Å²) in [7, 11) is 0. The van der Waals surface area contributed by atoms with Gasteiger partial charge < -0.3 is 4.74 Å². The van der Waals surface area contributed by atoms with E-state index in [-0.39, 0.29) is 5.97 Å². The van der Waals surface area contributed by atoms with Crippen LogP contribution >= 0.6 is 0 Å². The Balaban J connectivity index is 2.03. The quantitative estimate of drug-likeness (QED) is 0.515. The number of nitrogens with zero attached hydrogens (tertiary/aromatic N) is 3. The molecule has 132 valence electrons. The zero-order valence-corrected chi connectivity index (χ0v) is 15.1. The molecule has 1 atom stereocenters. The van der Waals surface area contributed by atoms with E-state index < -0.39 is 6.04 Å². The SMILES string of the molecule is CCOC(=O)C(C)n1c2cc(C)ccc2n2c(-c3ccccc3)cnc12. The van der Waals surface area contributed by atoms with Gasteiger partial charge in [-0.2, -0.15) is 0 Å². The predicted molar refractivity (Wildman–Crippen MR) is 102 cm³/mol. The van der Waals surface area contributed by atoms with E-state index in [0.717, 1.165) is 33.6 Å². The Morgan fingerprint density at radius 3 is 2.65 bits per heavy atom. The first-order chi connectivity index (χ1) is 12.6. The Morgan fingerprint density at radius 2 is 1.92 bits per heavy atom. The Bertz CT molecular complexity index is 1090. The first-order valence-corrected chi connectivity index (χ1v) is 8.82. The number of hydrogen-bond donors (Lipinski definition) is 0. The third-order valence-electron chi connectivity index (χ3n) is 4.67. The van der Waals surface area contributed by atoms with Gasteiger partial charge in [0.15, 0.2) is 0 Å². The van der Waals surface area contributed by atoms with Gasteiger partial charge in [0.25, 0.3) is 0 Å². The Hall–Kier alpha value is -3.08. The van der Waals surface area contributed by atoms with Crippen LogP contribution in [0.2, 0.25) is 0 Å². The number of rotatable bonds is 4. The lowest BCUT2D eigenvalue weighted by atomic mass is 10.1. The molecule has 1 unspecified atom stereocenters. The van der Waals surface area contributed by atoms with E-state index in [4.69, 9.17) is 4.74 Å². The van der Waals surface area contributed by atoms with Crippen LogP contribution in [0.4, 0.5) is 0 Å². The van der Waals surface area contributed by atoms with E-state index in [1.54, 1.807) is 0 Å². The van der Waals surface area contributed by atoms with Gasteiger partial charge in [0.05, 0.1) is 29.5 Å². The number of esters is 1. The van der Waals surface area contributed by atoms with Crippen LogP contribution in [0.3, 0.4) is 0 Å². The second kappa shape index (κ2) is 6.33. The highest BCUT2D eigenvalue weighted by atomic mass is 16.5. The number of aromatic nitrogens is 3. The molecule has 0 aliphatic rings. The molecule has 0 spiro atoms. The number of carbonyl (C=O) groups is 1. The van der Waals surface area contributed by atoms with E-state index in [9.17, 15) is 4.79 Å². The molecule has 2 heterocycles. The van der Waals surface area contributed by atoms with Gasteiger partial charge in [-0.1, -0.05) is 36.4 Å². The smallest absolute Gasteiger partial charge is 0.328 e. The van der Waals surface area contributed by atoms with Crippen LogP contribution in [-0.2, 0) is 9.53 Å². The molecule has 0 aliphatic carbocycles. The van der Waals surface area contributed by atoms with Crippen molar-refractivity contribution in [3.8, 4) is 11.3 Å². The Morgan fingerprint density at radius 1 is 1.15 bits per heavy atom. The van der Waals surface area contributed by atoms with Crippen molar-refractivity contribution in [1.82, 2.24) is 14.0 Å². The first-order valence-electron chi connectivity index (χ1n) is 8.82. The molecule has 0 aliphatic heterocycles. The van der Waals surface area contributed by atoms with Crippen molar-refractivity contribution in [1.29, 1.82) is 0 Å². The number of imidazole rings is 2. The van der Waals surface area contributed by atoms with E-state index in [1.807, 2.05) is 49.7 Å². The topological polar surface area (TPSA) is 48.5 Å². The summed E-state index contributed by atoms with van der Waals surface area (Å²) in [6.45, 7) is 6.09. The molecular formula is C21H21N3O2. The van der Waals surface area contributed by atoms with Gasteiger partial charge in [0, 0.05) is 5.56 Å². The summed E-state index contributed by atoms with van der Waals surface area (Å²) in [6.07, 6.45) is 1.86. The molecule has 4 aromatic rings. The van der Waals surface area contributed by atoms with Gasteiger partial charge in [-0.3, -0.25) is 8.97 Å². The van der Waals surface area contributed by atoms with Crippen molar-refractivity contribution in [2.75, 3.05) is 6.61 Å². The van der Waals surface area contributed by atoms with E-state index in [0.29, 0.717) is 6.61 Å². The second-order valence-electron chi connectivity index (χ2n) is 6.44. The third kappa shape index (κ3) is 2.47. The molecule has 0 bridgehead atoms. The second-order valence-corrected chi connectivity index (χ2v) is 6.44. The van der Waals surface area contributed by atoms with Crippen molar-refractivity contribution < 1.29 is 9.53 Å². The fourth-order valence-electron chi connectivity index (χ4n) is 3.44. The predicted octanol–water partition coefficient (Wildman–Crippen LogP) is 4.39. The maximum atomic E-state index is 12.4. The lowest BCUT2D eigenvalue weighted by molar-refractivity contribution is -0.146. The summed E-state index contributed by atoms with van der Waals surface area (Å²) >= 11 is 0. The van der Waals surface area contributed by atoms with E-state index >= 15 is 0 Å². The summed E-state index contributed by atoms with van der Waals surface area (Å²) in [6, 6.07) is 16.0. The van der Waals surface area contributed by atoms with Gasteiger partial charge in [-0.15, -0.1) is 0 Å². The molecular weight excluding hydrogens is 326 g/mol. The van der Waals surface area contributed by atoms with Gasteiger partial charge in [-0.05, 0) is 38.5 Å². The zero-order chi connectivity index (χ0) is 18.3. The van der Waals surface area contributed by atoms with Crippen molar-refractivity contribution in [3.05, 3.63) is 60.3 Å². The molecule has 4 rings (SSSR count). The number of benzene rings is 2. The molecule has 0 saturated heterocycles. The third-order valence-corrected chi connectivity index (χ3v) is 4.67. The lowest BCUT2D eigenvalue weighted by Crippen LogP contribution is -2.19. The fourth-order valence-corrected chi connectivity index (χ4v) is 3.44. The fraction of sp³-hybridized carbons (Fsp3) is 0.238. The van der Waals surface area contributed by atoms with E-state index in [1.165, 1.54) is 0 Å². The van der Waals surface area contributed by atoms with Crippen molar-refractivity contribution in [3.63, 3.8) is 0 Å². The highest BCUT2D eigenvalue weighted by Gasteiger charge is 2.24. The van der Waals surface area contributed by atoms with E-state index in [2.05, 4.69) is 39.7 Å². The summed E-state index contributed by atoms with van der Waals surface area (Å²) < 4.78 is 9.33.